The third-order valence-corrected chi connectivity index (χ3v) is 0.706. The minimum Gasteiger partial charge on any atom is -0.501 e. The highest BCUT2D eigenvalue weighted by molar-refractivity contribution is 5.15. The smallest absolute Gasteiger partial charge is 0.112 e. The molecule has 2 nitrogen and oxygen atoms in total. The summed E-state index contributed by atoms with van der Waals surface area (Å²) in [5.41, 5.74) is 0. The Bertz CT molecular complexity index is 148. The largest absolute Gasteiger partial charge is 0.501 e. The summed E-state index contributed by atoms with van der Waals surface area (Å²) in [6.07, 6.45) is 2.51. The van der Waals surface area contributed by atoms with Gasteiger partial charge in [-0.25, -0.2) is 0 Å². The van der Waals surface area contributed by atoms with Crippen LogP contribution in [-0.2, 0) is 4.74 Å². The molecule has 0 bridgehead atoms. The van der Waals surface area contributed by atoms with Crippen molar-refractivity contribution in [2.45, 2.75) is 20.0 Å². The van der Waals surface area contributed by atoms with E-state index in [1.54, 1.807) is 13.0 Å². The molecule has 1 atom stereocenters. The van der Waals surface area contributed by atoms with Crippen LogP contribution in [-0.4, -0.2) is 17.8 Å². The number of aliphatic hydroxyl groups excluding tert-OH is 1. The Labute approximate surface area is 61.5 Å². The van der Waals surface area contributed by atoms with Crippen molar-refractivity contribution in [3.05, 3.63) is 12.3 Å². The van der Waals surface area contributed by atoms with Crippen LogP contribution in [0.4, 0.5) is 0 Å². The number of hydrogen-bond donors (Lipinski definition) is 1. The Hall–Kier alpha value is -0.940. The summed E-state index contributed by atoms with van der Waals surface area (Å²) in [6.45, 7) is 4.15. The first kappa shape index (κ1) is 9.06. The zero-order chi connectivity index (χ0) is 7.82. The van der Waals surface area contributed by atoms with E-state index in [0.29, 0.717) is 6.61 Å². The highest BCUT2D eigenvalue weighted by atomic mass is 16.5. The average Bonchev–Trinajstić information content (AvgIpc) is 1.87. The van der Waals surface area contributed by atoms with Crippen LogP contribution >= 0.6 is 0 Å². The fraction of sp³-hybridized carbons (Fsp3) is 0.500. The molecule has 1 N–H and O–H groups in total. The average molecular weight is 140 g/mol. The molecule has 0 aromatic heterocycles. The minimum atomic E-state index is -0.564. The molecule has 0 aliphatic rings. The first-order chi connectivity index (χ1) is 4.77. The number of aliphatic hydroxyl groups is 1. The van der Waals surface area contributed by atoms with Gasteiger partial charge >= 0.3 is 0 Å². The van der Waals surface area contributed by atoms with Crippen molar-refractivity contribution in [3.63, 3.8) is 0 Å². The number of ether oxygens (including phenoxy) is 1. The van der Waals surface area contributed by atoms with Crippen molar-refractivity contribution in [2.75, 3.05) is 6.61 Å². The minimum absolute atomic E-state index is 0.564. The fourth-order valence-electron chi connectivity index (χ4n) is 0.347. The van der Waals surface area contributed by atoms with Gasteiger partial charge in [0, 0.05) is 6.08 Å². The van der Waals surface area contributed by atoms with Gasteiger partial charge in [0.25, 0.3) is 0 Å². The molecule has 0 aromatic rings. The van der Waals surface area contributed by atoms with Crippen LogP contribution in [0.2, 0.25) is 0 Å². The van der Waals surface area contributed by atoms with Gasteiger partial charge < -0.3 is 9.84 Å². The van der Waals surface area contributed by atoms with Crippen LogP contribution in [0.25, 0.3) is 0 Å². The van der Waals surface area contributed by atoms with E-state index in [4.69, 9.17) is 9.84 Å². The molecule has 0 aliphatic heterocycles. The first-order valence-corrected chi connectivity index (χ1v) is 3.23. The molecule has 1 unspecified atom stereocenters. The second-order valence-corrected chi connectivity index (χ2v) is 1.72. The molecule has 2 heteroatoms. The Morgan fingerprint density at radius 3 is 2.90 bits per heavy atom. The van der Waals surface area contributed by atoms with E-state index < -0.39 is 6.10 Å². The maximum absolute atomic E-state index is 8.66. The summed E-state index contributed by atoms with van der Waals surface area (Å²) in [4.78, 5) is 0. The van der Waals surface area contributed by atoms with Crippen LogP contribution in [0, 0.1) is 11.8 Å². The molecule has 0 saturated heterocycles. The summed E-state index contributed by atoms with van der Waals surface area (Å²) >= 11 is 0. The zero-order valence-corrected chi connectivity index (χ0v) is 6.29. The van der Waals surface area contributed by atoms with E-state index in [1.165, 1.54) is 6.26 Å². The Balaban J connectivity index is 3.44. The molecule has 56 valence electrons. The van der Waals surface area contributed by atoms with E-state index >= 15 is 0 Å². The van der Waals surface area contributed by atoms with E-state index in [9.17, 15) is 0 Å². The summed E-state index contributed by atoms with van der Waals surface area (Å²) in [5, 5.41) is 8.66. The molecule has 0 saturated carbocycles. The fourth-order valence-corrected chi connectivity index (χ4v) is 0.347. The van der Waals surface area contributed by atoms with Crippen LogP contribution in [0.3, 0.4) is 0 Å². The third-order valence-electron chi connectivity index (χ3n) is 0.706. The van der Waals surface area contributed by atoms with Gasteiger partial charge in [-0.05, 0) is 13.8 Å². The standard InChI is InChI=1S/C8H12O2/c1-3-10-7-5-4-6-8(2)9/h5,7-9H,3H2,1-2H3. The van der Waals surface area contributed by atoms with Crippen LogP contribution in [0.1, 0.15) is 13.8 Å². The molecule has 0 radical (unpaired) electrons. The van der Waals surface area contributed by atoms with Crippen LogP contribution < -0.4 is 0 Å². The van der Waals surface area contributed by atoms with Gasteiger partial charge in [-0.2, -0.15) is 0 Å². The Kier molecular flexibility index (Phi) is 5.60. The van der Waals surface area contributed by atoms with Gasteiger partial charge in [0.15, 0.2) is 0 Å². The highest BCUT2D eigenvalue weighted by Crippen LogP contribution is 1.76. The lowest BCUT2D eigenvalue weighted by Crippen LogP contribution is -1.91. The molecule has 0 aliphatic carbocycles. The topological polar surface area (TPSA) is 29.5 Å². The molecule has 10 heavy (non-hydrogen) atoms. The predicted octanol–water partition coefficient (Wildman–Crippen LogP) is 0.921. The van der Waals surface area contributed by atoms with Crippen molar-refractivity contribution in [1.82, 2.24) is 0 Å². The van der Waals surface area contributed by atoms with Gasteiger partial charge in [0.1, 0.15) is 6.10 Å². The monoisotopic (exact) mass is 140 g/mol. The highest BCUT2D eigenvalue weighted by Gasteiger charge is 1.78. The summed E-state index contributed by atoms with van der Waals surface area (Å²) in [6, 6.07) is 0. The van der Waals surface area contributed by atoms with Crippen molar-refractivity contribution in [2.24, 2.45) is 0 Å². The van der Waals surface area contributed by atoms with Gasteiger partial charge in [0.05, 0.1) is 12.9 Å². The second-order valence-electron chi connectivity index (χ2n) is 1.72. The maximum atomic E-state index is 8.66. The Morgan fingerprint density at radius 1 is 1.70 bits per heavy atom. The van der Waals surface area contributed by atoms with Gasteiger partial charge in [-0.15, -0.1) is 0 Å². The molecular formula is C8H12O2. The lowest BCUT2D eigenvalue weighted by molar-refractivity contribution is 0.253. The van der Waals surface area contributed by atoms with Gasteiger partial charge in [0.2, 0.25) is 0 Å². The zero-order valence-electron chi connectivity index (χ0n) is 6.29. The van der Waals surface area contributed by atoms with Gasteiger partial charge in [-0.1, -0.05) is 11.8 Å². The van der Waals surface area contributed by atoms with Crippen molar-refractivity contribution >= 4 is 0 Å². The molecule has 0 heterocycles. The summed E-state index contributed by atoms with van der Waals surface area (Å²) in [5.74, 6) is 5.16. The third kappa shape index (κ3) is 7.06. The van der Waals surface area contributed by atoms with Crippen LogP contribution in [0.5, 0.6) is 0 Å². The van der Waals surface area contributed by atoms with E-state index in [0.717, 1.165) is 0 Å². The quantitative estimate of drug-likeness (QED) is 0.456. The predicted molar refractivity (Wildman–Crippen MR) is 40.2 cm³/mol. The second kappa shape index (κ2) is 6.18. The molecule has 0 rings (SSSR count). The molecule has 0 aromatic carbocycles. The van der Waals surface area contributed by atoms with Crippen LogP contribution in [0.15, 0.2) is 12.3 Å². The van der Waals surface area contributed by atoms with E-state index in [-0.39, 0.29) is 0 Å². The van der Waals surface area contributed by atoms with Gasteiger partial charge in [-0.3, -0.25) is 0 Å². The SMILES string of the molecule is CCOC=CC#CC(C)O. The lowest BCUT2D eigenvalue weighted by atomic mass is 10.4. The van der Waals surface area contributed by atoms with Crippen molar-refractivity contribution in [3.8, 4) is 11.8 Å². The van der Waals surface area contributed by atoms with E-state index in [1.807, 2.05) is 6.92 Å². The maximum Gasteiger partial charge on any atom is 0.112 e. The molecular weight excluding hydrogens is 128 g/mol. The molecule has 0 amide bonds. The van der Waals surface area contributed by atoms with Crippen molar-refractivity contribution in [1.29, 1.82) is 0 Å². The number of hydrogen-bond acceptors (Lipinski definition) is 2. The molecule has 0 fully saturated rings. The lowest BCUT2D eigenvalue weighted by Gasteiger charge is -1.88. The summed E-state index contributed by atoms with van der Waals surface area (Å²) < 4.78 is 4.85. The number of rotatable bonds is 2. The molecule has 0 spiro atoms. The summed E-state index contributed by atoms with van der Waals surface area (Å²) in [7, 11) is 0. The first-order valence-electron chi connectivity index (χ1n) is 3.23. The number of allylic oxidation sites excluding steroid dienone is 1. The van der Waals surface area contributed by atoms with Crippen molar-refractivity contribution < 1.29 is 9.84 Å². The normalized spacial score (nSPS) is 12.3. The Morgan fingerprint density at radius 2 is 2.40 bits per heavy atom. The van der Waals surface area contributed by atoms with E-state index in [2.05, 4.69) is 11.8 Å².